The Balaban J connectivity index is 5.64. The Morgan fingerprint density at radius 2 is 1.39 bits per heavy atom. The van der Waals surface area contributed by atoms with Gasteiger partial charge in [0.1, 0.15) is 24.2 Å². The third kappa shape index (κ3) is 11.1. The van der Waals surface area contributed by atoms with Crippen LogP contribution in [-0.4, -0.2) is 75.3 Å². The fraction of sp³-hybridized carbons (Fsp3) is 0.762. The molecule has 8 N–H and O–H groups in total. The zero-order valence-electron chi connectivity index (χ0n) is 19.8. The molecule has 0 aromatic heterocycles. The van der Waals surface area contributed by atoms with E-state index < -0.39 is 66.4 Å². The lowest BCUT2D eigenvalue weighted by atomic mass is 9.96. The Bertz CT molecular complexity index is 698. The number of hydrogen-bond donors (Lipinski definition) is 7. The van der Waals surface area contributed by atoms with E-state index in [2.05, 4.69) is 16.0 Å². The summed E-state index contributed by atoms with van der Waals surface area (Å²) in [5.41, 5.74) is 5.62. The average Bonchev–Trinajstić information content (AvgIpc) is 2.71. The quantitative estimate of drug-likeness (QED) is 0.158. The zero-order chi connectivity index (χ0) is 25.9. The van der Waals surface area contributed by atoms with Crippen molar-refractivity contribution in [1.29, 1.82) is 0 Å². The molecule has 0 fully saturated rings. The van der Waals surface area contributed by atoms with Crippen molar-refractivity contribution in [2.75, 3.05) is 0 Å². The maximum absolute atomic E-state index is 13.0. The lowest BCUT2D eigenvalue weighted by Crippen LogP contribution is -2.59. The number of carboxylic acid groups (broad SMARTS) is 2. The molecule has 0 heterocycles. The van der Waals surface area contributed by atoms with Crippen molar-refractivity contribution in [1.82, 2.24) is 16.0 Å². The van der Waals surface area contributed by atoms with Gasteiger partial charge in [-0.2, -0.15) is 0 Å². The lowest BCUT2D eigenvalue weighted by Gasteiger charge is -2.28. The van der Waals surface area contributed by atoms with Gasteiger partial charge in [0.05, 0.1) is 6.10 Å². The Kier molecular flexibility index (Phi) is 13.2. The number of amides is 3. The Hall–Kier alpha value is -2.73. The molecule has 0 aromatic carbocycles. The van der Waals surface area contributed by atoms with Gasteiger partial charge in [0.25, 0.3) is 0 Å². The van der Waals surface area contributed by atoms with E-state index in [-0.39, 0.29) is 24.7 Å². The number of rotatable bonds is 15. The van der Waals surface area contributed by atoms with Crippen molar-refractivity contribution in [2.24, 2.45) is 17.6 Å². The summed E-state index contributed by atoms with van der Waals surface area (Å²) >= 11 is 0. The second-order valence-electron chi connectivity index (χ2n) is 8.66. The van der Waals surface area contributed by atoms with Crippen LogP contribution in [0.1, 0.15) is 60.3 Å². The van der Waals surface area contributed by atoms with Crippen molar-refractivity contribution in [2.45, 2.75) is 90.6 Å². The summed E-state index contributed by atoms with van der Waals surface area (Å²) in [5, 5.41) is 35.1. The highest BCUT2D eigenvalue weighted by atomic mass is 16.4. The zero-order valence-corrected chi connectivity index (χ0v) is 19.8. The number of aliphatic hydroxyl groups is 1. The van der Waals surface area contributed by atoms with Gasteiger partial charge in [0.2, 0.25) is 17.7 Å². The van der Waals surface area contributed by atoms with Crippen LogP contribution in [0.3, 0.4) is 0 Å². The van der Waals surface area contributed by atoms with E-state index in [1.807, 2.05) is 0 Å². The summed E-state index contributed by atoms with van der Waals surface area (Å²) in [5.74, 6) is -5.23. The van der Waals surface area contributed by atoms with Gasteiger partial charge < -0.3 is 37.0 Å². The highest BCUT2D eigenvalue weighted by Gasteiger charge is 2.33. The van der Waals surface area contributed by atoms with E-state index in [0.29, 0.717) is 6.42 Å². The summed E-state index contributed by atoms with van der Waals surface area (Å²) in [6.07, 6.45) is -1.27. The Morgan fingerprint density at radius 1 is 0.848 bits per heavy atom. The van der Waals surface area contributed by atoms with Gasteiger partial charge in [-0.3, -0.25) is 19.2 Å². The summed E-state index contributed by atoms with van der Waals surface area (Å²) in [7, 11) is 0. The number of nitrogens with two attached hydrogens (primary N) is 1. The second kappa shape index (κ2) is 14.4. The fourth-order valence-electron chi connectivity index (χ4n) is 2.93. The number of nitrogens with one attached hydrogen (secondary N) is 3. The number of aliphatic carboxylic acids is 2. The maximum atomic E-state index is 13.0. The standard InChI is InChI=1S/C21H38N4O8/c1-6-11(4)17(25-19(30)16(22)12(5)26)20(31)23-13(7-8-15(27)28)18(29)24-14(21(32)33)9-10(2)3/h10-14,16-17,26H,6-9,22H2,1-5H3,(H,23,31)(H,24,29)(H,25,30)(H,27,28)(H,32,33). The summed E-state index contributed by atoms with van der Waals surface area (Å²) in [6, 6.07) is -4.94. The molecule has 190 valence electrons. The molecule has 0 saturated carbocycles. The van der Waals surface area contributed by atoms with Crippen LogP contribution in [0.2, 0.25) is 0 Å². The third-order valence-corrected chi connectivity index (χ3v) is 5.22. The first-order valence-corrected chi connectivity index (χ1v) is 11.0. The highest BCUT2D eigenvalue weighted by molar-refractivity contribution is 5.94. The summed E-state index contributed by atoms with van der Waals surface area (Å²) in [6.45, 7) is 8.36. The molecule has 0 aromatic rings. The number of carbonyl (C=O) groups excluding carboxylic acids is 3. The van der Waals surface area contributed by atoms with Crippen molar-refractivity contribution in [3.8, 4) is 0 Å². The van der Waals surface area contributed by atoms with E-state index in [1.165, 1.54) is 6.92 Å². The lowest BCUT2D eigenvalue weighted by molar-refractivity contribution is -0.143. The molecular weight excluding hydrogens is 436 g/mol. The van der Waals surface area contributed by atoms with Crippen LogP contribution < -0.4 is 21.7 Å². The van der Waals surface area contributed by atoms with Crippen molar-refractivity contribution in [3.05, 3.63) is 0 Å². The van der Waals surface area contributed by atoms with Crippen LogP contribution in [0.15, 0.2) is 0 Å². The number of hydrogen-bond acceptors (Lipinski definition) is 7. The smallest absolute Gasteiger partial charge is 0.326 e. The number of carboxylic acids is 2. The van der Waals surface area contributed by atoms with Crippen molar-refractivity contribution < 1.29 is 39.3 Å². The first-order valence-electron chi connectivity index (χ1n) is 11.0. The van der Waals surface area contributed by atoms with Crippen LogP contribution in [0.25, 0.3) is 0 Å². The molecule has 0 spiro atoms. The SMILES string of the molecule is CCC(C)C(NC(=O)C(N)C(C)O)C(=O)NC(CCC(=O)O)C(=O)NC(CC(C)C)C(=O)O. The average molecular weight is 475 g/mol. The topological polar surface area (TPSA) is 208 Å². The van der Waals surface area contributed by atoms with Gasteiger partial charge in [0, 0.05) is 6.42 Å². The summed E-state index contributed by atoms with van der Waals surface area (Å²) < 4.78 is 0. The first-order chi connectivity index (χ1) is 15.2. The third-order valence-electron chi connectivity index (χ3n) is 5.22. The van der Waals surface area contributed by atoms with Gasteiger partial charge in [0.15, 0.2) is 0 Å². The molecule has 12 heteroatoms. The minimum Gasteiger partial charge on any atom is -0.481 e. The number of carbonyl (C=O) groups is 5. The van der Waals surface area contributed by atoms with Crippen molar-refractivity contribution >= 4 is 29.7 Å². The normalized spacial score (nSPS) is 16.6. The van der Waals surface area contributed by atoms with Crippen LogP contribution in [-0.2, 0) is 24.0 Å². The van der Waals surface area contributed by atoms with Crippen molar-refractivity contribution in [3.63, 3.8) is 0 Å². The monoisotopic (exact) mass is 474 g/mol. The predicted octanol–water partition coefficient (Wildman–Crippen LogP) is -0.809. The highest BCUT2D eigenvalue weighted by Crippen LogP contribution is 2.11. The van der Waals surface area contributed by atoms with Gasteiger partial charge in [-0.25, -0.2) is 4.79 Å². The van der Waals surface area contributed by atoms with E-state index in [0.717, 1.165) is 0 Å². The second-order valence-corrected chi connectivity index (χ2v) is 8.66. The van der Waals surface area contributed by atoms with Gasteiger partial charge in [-0.15, -0.1) is 0 Å². The maximum Gasteiger partial charge on any atom is 0.326 e. The Labute approximate surface area is 193 Å². The van der Waals surface area contributed by atoms with Crippen LogP contribution in [0.4, 0.5) is 0 Å². The molecular formula is C21H38N4O8. The molecule has 0 rings (SSSR count). The number of aliphatic hydroxyl groups excluding tert-OH is 1. The van der Waals surface area contributed by atoms with E-state index in [1.54, 1.807) is 27.7 Å². The predicted molar refractivity (Wildman–Crippen MR) is 119 cm³/mol. The van der Waals surface area contributed by atoms with Crippen LogP contribution in [0, 0.1) is 11.8 Å². The molecule has 0 bridgehead atoms. The molecule has 6 unspecified atom stereocenters. The summed E-state index contributed by atoms with van der Waals surface area (Å²) in [4.78, 5) is 60.5. The molecule has 0 aliphatic heterocycles. The van der Waals surface area contributed by atoms with E-state index >= 15 is 0 Å². The molecule has 3 amide bonds. The molecule has 12 nitrogen and oxygen atoms in total. The van der Waals surface area contributed by atoms with E-state index in [4.69, 9.17) is 10.8 Å². The first kappa shape index (κ1) is 30.3. The van der Waals surface area contributed by atoms with Crippen LogP contribution in [0.5, 0.6) is 0 Å². The van der Waals surface area contributed by atoms with E-state index in [9.17, 15) is 34.2 Å². The minimum atomic E-state index is -1.34. The minimum absolute atomic E-state index is 0.0402. The Morgan fingerprint density at radius 3 is 1.82 bits per heavy atom. The van der Waals surface area contributed by atoms with Crippen LogP contribution >= 0.6 is 0 Å². The van der Waals surface area contributed by atoms with Gasteiger partial charge in [-0.05, 0) is 31.6 Å². The molecule has 0 radical (unpaired) electrons. The molecule has 0 aliphatic carbocycles. The molecule has 6 atom stereocenters. The molecule has 0 saturated heterocycles. The fourth-order valence-corrected chi connectivity index (χ4v) is 2.93. The molecule has 33 heavy (non-hydrogen) atoms. The van der Waals surface area contributed by atoms with Gasteiger partial charge in [-0.1, -0.05) is 34.1 Å². The largest absolute Gasteiger partial charge is 0.481 e. The van der Waals surface area contributed by atoms with Gasteiger partial charge >= 0.3 is 11.9 Å². The molecule has 0 aliphatic rings.